The summed E-state index contributed by atoms with van der Waals surface area (Å²) in [5.41, 5.74) is 1.56. The van der Waals surface area contributed by atoms with E-state index in [-0.39, 0.29) is 11.8 Å². The number of nitrogens with zero attached hydrogens (tertiary/aromatic N) is 2. The Kier molecular flexibility index (Phi) is 4.57. The summed E-state index contributed by atoms with van der Waals surface area (Å²) >= 11 is 0. The molecule has 0 spiro atoms. The lowest BCUT2D eigenvalue weighted by Gasteiger charge is -2.09. The van der Waals surface area contributed by atoms with Gasteiger partial charge in [0.05, 0.1) is 30.2 Å². The van der Waals surface area contributed by atoms with Crippen LogP contribution in [0.25, 0.3) is 0 Å². The van der Waals surface area contributed by atoms with Crippen molar-refractivity contribution in [2.24, 2.45) is 0 Å². The second kappa shape index (κ2) is 6.78. The van der Waals surface area contributed by atoms with E-state index in [1.165, 1.54) is 6.07 Å². The fraction of sp³-hybridized carbons (Fsp3) is 0.375. The molecule has 1 fully saturated rings. The lowest BCUT2D eigenvalue weighted by molar-refractivity contribution is 0.0940. The number of urea groups is 1. The Labute approximate surface area is 133 Å². The molecule has 2 N–H and O–H groups in total. The quantitative estimate of drug-likeness (QED) is 0.910. The van der Waals surface area contributed by atoms with Crippen LogP contribution >= 0.6 is 0 Å². The van der Waals surface area contributed by atoms with Gasteiger partial charge in [-0.3, -0.25) is 4.68 Å². The lowest BCUT2D eigenvalue weighted by Crippen LogP contribution is -2.20. The molecule has 1 aromatic carbocycles. The molecule has 0 aliphatic carbocycles. The van der Waals surface area contributed by atoms with Crippen LogP contribution in [0.3, 0.4) is 0 Å². The number of aryl methyl sites for hydroxylation is 1. The fourth-order valence-electron chi connectivity index (χ4n) is 2.54. The SMILES string of the molecule is Cc1ccc(F)c(NC(=O)Nc2cnn(CC3CCCO3)c2)c1. The molecule has 122 valence electrons. The van der Waals surface area contributed by atoms with E-state index in [1.807, 2.05) is 6.92 Å². The van der Waals surface area contributed by atoms with Crippen molar-refractivity contribution in [2.45, 2.75) is 32.4 Å². The first kappa shape index (κ1) is 15.5. The largest absolute Gasteiger partial charge is 0.376 e. The maximum absolute atomic E-state index is 13.6. The van der Waals surface area contributed by atoms with E-state index in [9.17, 15) is 9.18 Å². The van der Waals surface area contributed by atoms with Crippen molar-refractivity contribution in [3.8, 4) is 0 Å². The molecule has 7 heteroatoms. The van der Waals surface area contributed by atoms with Gasteiger partial charge in [0.25, 0.3) is 0 Å². The van der Waals surface area contributed by atoms with Gasteiger partial charge in [0, 0.05) is 12.8 Å². The Hall–Kier alpha value is -2.41. The van der Waals surface area contributed by atoms with E-state index < -0.39 is 11.8 Å². The second-order valence-corrected chi connectivity index (χ2v) is 5.65. The van der Waals surface area contributed by atoms with Gasteiger partial charge in [-0.15, -0.1) is 0 Å². The van der Waals surface area contributed by atoms with E-state index in [0.29, 0.717) is 12.2 Å². The number of halogens is 1. The normalized spacial score (nSPS) is 17.2. The summed E-state index contributed by atoms with van der Waals surface area (Å²) in [4.78, 5) is 11.9. The number of carbonyl (C=O) groups is 1. The molecule has 2 aromatic rings. The minimum Gasteiger partial charge on any atom is -0.376 e. The number of amides is 2. The van der Waals surface area contributed by atoms with Crippen molar-refractivity contribution < 1.29 is 13.9 Å². The van der Waals surface area contributed by atoms with Gasteiger partial charge >= 0.3 is 6.03 Å². The van der Waals surface area contributed by atoms with Gasteiger partial charge in [-0.05, 0) is 37.5 Å². The zero-order chi connectivity index (χ0) is 16.2. The molecule has 6 nitrogen and oxygen atoms in total. The van der Waals surface area contributed by atoms with Crippen molar-refractivity contribution in [1.29, 1.82) is 0 Å². The van der Waals surface area contributed by atoms with Crippen LogP contribution in [0.15, 0.2) is 30.6 Å². The van der Waals surface area contributed by atoms with Crippen LogP contribution in [0.1, 0.15) is 18.4 Å². The number of hydrogen-bond acceptors (Lipinski definition) is 3. The average Bonchev–Trinajstić information content (AvgIpc) is 3.15. The van der Waals surface area contributed by atoms with Crippen molar-refractivity contribution in [1.82, 2.24) is 9.78 Å². The van der Waals surface area contributed by atoms with Gasteiger partial charge in [0.1, 0.15) is 5.82 Å². The maximum atomic E-state index is 13.6. The van der Waals surface area contributed by atoms with Crippen LogP contribution in [0, 0.1) is 12.7 Å². The molecule has 23 heavy (non-hydrogen) atoms. The zero-order valence-electron chi connectivity index (χ0n) is 12.9. The highest BCUT2D eigenvalue weighted by Gasteiger charge is 2.16. The van der Waals surface area contributed by atoms with E-state index in [4.69, 9.17) is 4.74 Å². The standard InChI is InChI=1S/C16H19FN4O2/c1-11-4-5-14(17)15(7-11)20-16(22)19-12-8-18-21(9-12)10-13-3-2-6-23-13/h4-5,7-9,13H,2-3,6,10H2,1H3,(H2,19,20,22). The summed E-state index contributed by atoms with van der Waals surface area (Å²) in [6.45, 7) is 3.29. The van der Waals surface area contributed by atoms with E-state index in [2.05, 4.69) is 15.7 Å². The summed E-state index contributed by atoms with van der Waals surface area (Å²) in [5.74, 6) is -0.472. The number of nitrogens with one attached hydrogen (secondary N) is 2. The van der Waals surface area contributed by atoms with E-state index in [1.54, 1.807) is 29.2 Å². The molecule has 1 aliphatic heterocycles. The van der Waals surface area contributed by atoms with Crippen LogP contribution in [0.5, 0.6) is 0 Å². The Morgan fingerprint density at radius 1 is 1.48 bits per heavy atom. The van der Waals surface area contributed by atoms with Gasteiger partial charge < -0.3 is 15.4 Å². The van der Waals surface area contributed by atoms with Gasteiger partial charge in [0.2, 0.25) is 0 Å². The Morgan fingerprint density at radius 2 is 2.35 bits per heavy atom. The Bertz CT molecular complexity index is 695. The molecule has 1 aliphatic rings. The molecular formula is C16H19FN4O2. The monoisotopic (exact) mass is 318 g/mol. The van der Waals surface area contributed by atoms with Crippen molar-refractivity contribution in [3.63, 3.8) is 0 Å². The minimum absolute atomic E-state index is 0.147. The van der Waals surface area contributed by atoms with E-state index >= 15 is 0 Å². The highest BCUT2D eigenvalue weighted by Crippen LogP contribution is 2.17. The third kappa shape index (κ3) is 4.07. The molecule has 0 radical (unpaired) electrons. The van der Waals surface area contributed by atoms with Crippen LogP contribution in [0.4, 0.5) is 20.6 Å². The molecule has 1 saturated heterocycles. The first-order valence-electron chi connectivity index (χ1n) is 7.58. The van der Waals surface area contributed by atoms with Gasteiger partial charge in [0.15, 0.2) is 0 Å². The summed E-state index contributed by atoms with van der Waals surface area (Å²) in [5, 5.41) is 9.33. The number of hydrogen-bond donors (Lipinski definition) is 2. The first-order chi connectivity index (χ1) is 11.1. The summed E-state index contributed by atoms with van der Waals surface area (Å²) in [7, 11) is 0. The number of ether oxygens (including phenoxy) is 1. The number of carbonyl (C=O) groups excluding carboxylic acids is 1. The molecular weight excluding hydrogens is 299 g/mol. The fourth-order valence-corrected chi connectivity index (χ4v) is 2.54. The number of aromatic nitrogens is 2. The van der Waals surface area contributed by atoms with Gasteiger partial charge in [-0.1, -0.05) is 6.07 Å². The van der Waals surface area contributed by atoms with Gasteiger partial charge in [-0.2, -0.15) is 5.10 Å². The summed E-state index contributed by atoms with van der Waals surface area (Å²) < 4.78 is 20.9. The van der Waals surface area contributed by atoms with Crippen LogP contribution in [-0.4, -0.2) is 28.5 Å². The highest BCUT2D eigenvalue weighted by molar-refractivity contribution is 5.99. The van der Waals surface area contributed by atoms with E-state index in [0.717, 1.165) is 25.0 Å². The van der Waals surface area contributed by atoms with Crippen LogP contribution in [0.2, 0.25) is 0 Å². The zero-order valence-corrected chi connectivity index (χ0v) is 12.9. The van der Waals surface area contributed by atoms with Crippen LogP contribution in [-0.2, 0) is 11.3 Å². The van der Waals surface area contributed by atoms with Crippen LogP contribution < -0.4 is 10.6 Å². The first-order valence-corrected chi connectivity index (χ1v) is 7.58. The van der Waals surface area contributed by atoms with Crippen molar-refractivity contribution >= 4 is 17.4 Å². The topological polar surface area (TPSA) is 68.2 Å². The van der Waals surface area contributed by atoms with Gasteiger partial charge in [-0.25, -0.2) is 9.18 Å². The maximum Gasteiger partial charge on any atom is 0.323 e. The molecule has 1 aromatic heterocycles. The summed E-state index contributed by atoms with van der Waals surface area (Å²) in [6, 6.07) is 4.04. The number of rotatable bonds is 4. The molecule has 2 amide bonds. The molecule has 1 unspecified atom stereocenters. The third-order valence-corrected chi connectivity index (χ3v) is 3.68. The Balaban J connectivity index is 1.57. The minimum atomic E-state index is -0.508. The predicted octanol–water partition coefficient (Wildman–Crippen LogP) is 3.15. The highest BCUT2D eigenvalue weighted by atomic mass is 19.1. The second-order valence-electron chi connectivity index (χ2n) is 5.65. The number of anilines is 2. The molecule has 2 heterocycles. The molecule has 0 bridgehead atoms. The molecule has 1 atom stereocenters. The molecule has 3 rings (SSSR count). The number of benzene rings is 1. The molecule has 0 saturated carbocycles. The average molecular weight is 318 g/mol. The van der Waals surface area contributed by atoms with Crippen molar-refractivity contribution in [3.05, 3.63) is 42.0 Å². The predicted molar refractivity (Wildman–Crippen MR) is 85.0 cm³/mol. The third-order valence-electron chi connectivity index (χ3n) is 3.68. The summed E-state index contributed by atoms with van der Waals surface area (Å²) in [6.07, 6.45) is 5.56. The Morgan fingerprint density at radius 3 is 3.13 bits per heavy atom. The lowest BCUT2D eigenvalue weighted by atomic mass is 10.2. The smallest absolute Gasteiger partial charge is 0.323 e. The van der Waals surface area contributed by atoms with Crippen molar-refractivity contribution in [2.75, 3.05) is 17.2 Å².